The monoisotopic (exact) mass is 464 g/mol. The summed E-state index contributed by atoms with van der Waals surface area (Å²) in [5, 5.41) is 23.5. The molecule has 3 fully saturated rings. The van der Waals surface area contributed by atoms with E-state index in [4.69, 9.17) is 0 Å². The number of hydrogen-bond acceptors (Lipinski definition) is 4. The maximum absolute atomic E-state index is 14.6. The Labute approximate surface area is 203 Å². The number of ketones is 2. The highest BCUT2D eigenvalue weighted by Crippen LogP contribution is 2.80. The molecule has 184 valence electrons. The second-order valence-electron chi connectivity index (χ2n) is 13.9. The predicted molar refractivity (Wildman–Crippen MR) is 131 cm³/mol. The largest absolute Gasteiger partial charge is 0.504 e. The first kappa shape index (κ1) is 22.8. The molecule has 0 aromatic heterocycles. The molecule has 0 aromatic rings. The number of Topliss-reactive ketones (excluding diaryl/α,β-unsaturated/α-hetero) is 2. The van der Waals surface area contributed by atoms with Crippen LogP contribution < -0.4 is 0 Å². The van der Waals surface area contributed by atoms with Gasteiger partial charge >= 0.3 is 0 Å². The standard InChI is InChI=1S/C30H40O4/c1-14(2)17-20-18-19(26(34)30(20)12-11-29(15(3)4)13-16(29)30)23(32)25-27(5,6)9-8-10-28(25,7)21(18)24(33)22(17)31/h14-16,23,25,32-33H,8-13H2,1-7H3/t16-,23-,25-,28+,29+,30-/m0/s1. The van der Waals surface area contributed by atoms with Crippen LogP contribution in [-0.4, -0.2) is 27.9 Å². The number of aliphatic hydroxyl groups is 2. The Morgan fingerprint density at radius 2 is 1.62 bits per heavy atom. The summed E-state index contributed by atoms with van der Waals surface area (Å²) in [7, 11) is 0. The van der Waals surface area contributed by atoms with Crippen LogP contribution in [0.1, 0.15) is 87.0 Å². The zero-order chi connectivity index (χ0) is 24.7. The molecule has 0 aliphatic heterocycles. The highest BCUT2D eigenvalue weighted by molar-refractivity contribution is 6.19. The molecule has 0 bridgehead atoms. The second kappa shape index (κ2) is 6.35. The fraction of sp³-hybridized carbons (Fsp3) is 0.733. The number of carbonyl (C=O) groups excluding carboxylic acids is 2. The van der Waals surface area contributed by atoms with Crippen molar-refractivity contribution in [1.82, 2.24) is 0 Å². The first-order valence-corrected chi connectivity index (χ1v) is 13.5. The molecule has 1 spiro atoms. The van der Waals surface area contributed by atoms with Crippen molar-refractivity contribution in [3.63, 3.8) is 0 Å². The van der Waals surface area contributed by atoms with Gasteiger partial charge in [-0.05, 0) is 71.8 Å². The van der Waals surface area contributed by atoms with Gasteiger partial charge in [0.15, 0.2) is 11.5 Å². The molecule has 3 saturated carbocycles. The predicted octanol–water partition coefficient (Wildman–Crippen LogP) is 5.86. The van der Waals surface area contributed by atoms with Gasteiger partial charge in [0.05, 0.1) is 11.5 Å². The summed E-state index contributed by atoms with van der Waals surface area (Å²) in [5.41, 5.74) is 2.24. The molecule has 6 aliphatic rings. The maximum atomic E-state index is 14.6. The van der Waals surface area contributed by atoms with E-state index in [1.165, 1.54) is 0 Å². The molecule has 2 N–H and O–H groups in total. The lowest BCUT2D eigenvalue weighted by Gasteiger charge is -2.57. The van der Waals surface area contributed by atoms with Gasteiger partial charge in [0.2, 0.25) is 5.78 Å². The van der Waals surface area contributed by atoms with Crippen molar-refractivity contribution in [1.29, 1.82) is 0 Å². The number of rotatable bonds is 2. The lowest BCUT2D eigenvalue weighted by molar-refractivity contribution is -0.125. The van der Waals surface area contributed by atoms with Crippen LogP contribution in [0.3, 0.4) is 0 Å². The lowest BCUT2D eigenvalue weighted by atomic mass is 9.47. The molecule has 0 radical (unpaired) electrons. The van der Waals surface area contributed by atoms with E-state index in [0.29, 0.717) is 22.6 Å². The van der Waals surface area contributed by atoms with Crippen molar-refractivity contribution in [2.24, 2.45) is 45.3 Å². The third-order valence-corrected chi connectivity index (χ3v) is 11.5. The normalized spacial score (nSPS) is 44.5. The minimum atomic E-state index is -0.858. The average molecular weight is 465 g/mol. The molecule has 0 amide bonds. The van der Waals surface area contributed by atoms with Crippen LogP contribution in [0.4, 0.5) is 0 Å². The number of allylic oxidation sites excluding steroid dienone is 4. The number of carbonyl (C=O) groups is 2. The van der Waals surface area contributed by atoms with E-state index < -0.39 is 16.9 Å². The fourth-order valence-corrected chi connectivity index (χ4v) is 9.99. The average Bonchev–Trinajstić information content (AvgIpc) is 3.31. The Balaban J connectivity index is 1.68. The van der Waals surface area contributed by atoms with Crippen LogP contribution in [-0.2, 0) is 9.59 Å². The SMILES string of the molecule is CC(C)C1=C2C3=C(C(=O)[C@]24CC[C@]2(C(C)C)C[C@H]42)[C@H](O)[C@H]2C(C)(C)CCC[C@]2(C)C3=C(O)C1=O. The number of hydrogen-bond donors (Lipinski definition) is 2. The third-order valence-electron chi connectivity index (χ3n) is 11.5. The van der Waals surface area contributed by atoms with Crippen LogP contribution in [0, 0.1) is 45.3 Å². The van der Waals surface area contributed by atoms with E-state index in [-0.39, 0.29) is 45.9 Å². The first-order chi connectivity index (χ1) is 15.8. The molecule has 4 nitrogen and oxygen atoms in total. The molecule has 6 aliphatic carbocycles. The Morgan fingerprint density at radius 1 is 0.941 bits per heavy atom. The molecule has 6 atom stereocenters. The molecule has 6 rings (SSSR count). The van der Waals surface area contributed by atoms with E-state index >= 15 is 0 Å². The van der Waals surface area contributed by atoms with Gasteiger partial charge in [0, 0.05) is 28.1 Å². The van der Waals surface area contributed by atoms with Gasteiger partial charge in [0.25, 0.3) is 0 Å². The Hall–Kier alpha value is -1.68. The molecule has 0 saturated heterocycles. The summed E-state index contributed by atoms with van der Waals surface area (Å²) in [6.45, 7) is 15.0. The number of fused-ring (bicyclic) bond motifs is 5. The second-order valence-corrected chi connectivity index (χ2v) is 13.9. The zero-order valence-electron chi connectivity index (χ0n) is 21.8. The smallest absolute Gasteiger partial charge is 0.224 e. The van der Waals surface area contributed by atoms with E-state index in [1.54, 1.807) is 0 Å². The molecular formula is C30H40O4. The van der Waals surface area contributed by atoms with Crippen LogP contribution >= 0.6 is 0 Å². The summed E-state index contributed by atoms with van der Waals surface area (Å²) >= 11 is 0. The molecule has 4 heteroatoms. The minimum absolute atomic E-state index is 0.0663. The van der Waals surface area contributed by atoms with E-state index in [9.17, 15) is 19.8 Å². The molecular weight excluding hydrogens is 424 g/mol. The van der Waals surface area contributed by atoms with Gasteiger partial charge < -0.3 is 10.2 Å². The van der Waals surface area contributed by atoms with Crippen LogP contribution in [0.15, 0.2) is 33.6 Å². The summed E-state index contributed by atoms with van der Waals surface area (Å²) in [6, 6.07) is 0. The Bertz CT molecular complexity index is 1150. The summed E-state index contributed by atoms with van der Waals surface area (Å²) in [6.07, 6.45) is 4.68. The Morgan fingerprint density at radius 3 is 2.18 bits per heavy atom. The van der Waals surface area contributed by atoms with E-state index in [1.807, 2.05) is 13.8 Å². The molecule has 34 heavy (non-hydrogen) atoms. The van der Waals surface area contributed by atoms with Crippen molar-refractivity contribution in [2.75, 3.05) is 0 Å². The van der Waals surface area contributed by atoms with Crippen molar-refractivity contribution in [3.05, 3.63) is 33.6 Å². The summed E-state index contributed by atoms with van der Waals surface area (Å²) < 4.78 is 0. The van der Waals surface area contributed by atoms with E-state index in [0.717, 1.165) is 49.7 Å². The quantitative estimate of drug-likeness (QED) is 0.536. The van der Waals surface area contributed by atoms with Crippen molar-refractivity contribution in [3.8, 4) is 0 Å². The van der Waals surface area contributed by atoms with Crippen molar-refractivity contribution < 1.29 is 19.8 Å². The van der Waals surface area contributed by atoms with Gasteiger partial charge in [-0.25, -0.2) is 0 Å². The summed E-state index contributed by atoms with van der Waals surface area (Å²) in [5.74, 6) is 0.0418. The zero-order valence-corrected chi connectivity index (χ0v) is 21.8. The third kappa shape index (κ3) is 2.22. The van der Waals surface area contributed by atoms with Crippen molar-refractivity contribution in [2.45, 2.75) is 93.1 Å². The minimum Gasteiger partial charge on any atom is -0.504 e. The van der Waals surface area contributed by atoms with Crippen LogP contribution in [0.25, 0.3) is 0 Å². The Kier molecular flexibility index (Phi) is 4.25. The van der Waals surface area contributed by atoms with Gasteiger partial charge in [-0.2, -0.15) is 0 Å². The van der Waals surface area contributed by atoms with Gasteiger partial charge in [-0.3, -0.25) is 9.59 Å². The molecule has 0 aromatic carbocycles. The van der Waals surface area contributed by atoms with Crippen molar-refractivity contribution >= 4 is 11.6 Å². The van der Waals surface area contributed by atoms with Crippen LogP contribution in [0.5, 0.6) is 0 Å². The van der Waals surface area contributed by atoms with Gasteiger partial charge in [-0.15, -0.1) is 0 Å². The summed E-state index contributed by atoms with van der Waals surface area (Å²) in [4.78, 5) is 28.5. The fourth-order valence-electron chi connectivity index (χ4n) is 9.99. The van der Waals surface area contributed by atoms with E-state index in [2.05, 4.69) is 34.6 Å². The topological polar surface area (TPSA) is 74.6 Å². The molecule has 0 unspecified atom stereocenters. The highest BCUT2D eigenvalue weighted by atomic mass is 16.3. The first-order valence-electron chi connectivity index (χ1n) is 13.5. The number of aliphatic hydroxyl groups excluding tert-OH is 2. The maximum Gasteiger partial charge on any atom is 0.224 e. The highest BCUT2D eigenvalue weighted by Gasteiger charge is 2.77. The van der Waals surface area contributed by atoms with Gasteiger partial charge in [0.1, 0.15) is 0 Å². The molecule has 0 heterocycles. The lowest BCUT2D eigenvalue weighted by Crippen LogP contribution is -2.54. The van der Waals surface area contributed by atoms with Crippen LogP contribution in [0.2, 0.25) is 0 Å². The van der Waals surface area contributed by atoms with Gasteiger partial charge in [-0.1, -0.05) is 54.9 Å².